The van der Waals surface area contributed by atoms with E-state index in [1.165, 1.54) is 0 Å². The number of amides is 1. The fourth-order valence-electron chi connectivity index (χ4n) is 3.21. The van der Waals surface area contributed by atoms with Gasteiger partial charge in [-0.25, -0.2) is 9.97 Å². The number of carbonyl (C=O) groups excluding carboxylic acids is 1. The first-order chi connectivity index (χ1) is 13.7. The molecule has 0 radical (unpaired) electrons. The number of hydrogen-bond acceptors (Lipinski definition) is 5. The van der Waals surface area contributed by atoms with Crippen LogP contribution in [0.5, 0.6) is 0 Å². The van der Waals surface area contributed by atoms with Crippen LogP contribution in [0.3, 0.4) is 0 Å². The lowest BCUT2D eigenvalue weighted by Gasteiger charge is -2.27. The molecule has 0 aliphatic carbocycles. The topological polar surface area (TPSA) is 86.1 Å². The standard InChI is InChI=1S/C19H21F3N4O3/c1-12-2-3-16(24-9-12)25-18(28)14(8-13-4-6-29-7-5-13)26-11-15(19(20,21)22)23-10-17(26)27/h2-3,9-11,13-14H,4-8H2,1H3,(H,24,25,28)/t14-/m0/s1. The number of aromatic nitrogens is 3. The van der Waals surface area contributed by atoms with Gasteiger partial charge < -0.3 is 10.1 Å². The molecule has 1 atom stereocenters. The Morgan fingerprint density at radius 2 is 2.00 bits per heavy atom. The maximum atomic E-state index is 13.1. The Balaban J connectivity index is 1.93. The quantitative estimate of drug-likeness (QED) is 0.819. The number of pyridine rings is 1. The Morgan fingerprint density at radius 1 is 1.28 bits per heavy atom. The summed E-state index contributed by atoms with van der Waals surface area (Å²) in [6, 6.07) is 2.21. The van der Waals surface area contributed by atoms with Crippen molar-refractivity contribution in [3.05, 3.63) is 52.3 Å². The predicted octanol–water partition coefficient (Wildman–Crippen LogP) is 2.96. The van der Waals surface area contributed by atoms with E-state index in [4.69, 9.17) is 4.74 Å². The normalized spacial score (nSPS) is 16.4. The Kier molecular flexibility index (Phi) is 6.31. The molecule has 156 valence electrons. The lowest BCUT2D eigenvalue weighted by Crippen LogP contribution is -2.36. The molecule has 2 aromatic heterocycles. The molecule has 10 heteroatoms. The summed E-state index contributed by atoms with van der Waals surface area (Å²) in [5, 5.41) is 2.60. The molecule has 0 unspecified atom stereocenters. The van der Waals surface area contributed by atoms with Crippen LogP contribution in [-0.2, 0) is 15.7 Å². The van der Waals surface area contributed by atoms with Crippen molar-refractivity contribution in [1.29, 1.82) is 0 Å². The monoisotopic (exact) mass is 410 g/mol. The van der Waals surface area contributed by atoms with Crippen LogP contribution in [0.1, 0.15) is 36.6 Å². The summed E-state index contributed by atoms with van der Waals surface area (Å²) in [5.74, 6) is -0.301. The van der Waals surface area contributed by atoms with E-state index in [0.717, 1.165) is 10.1 Å². The van der Waals surface area contributed by atoms with E-state index >= 15 is 0 Å². The van der Waals surface area contributed by atoms with Crippen molar-refractivity contribution >= 4 is 11.7 Å². The van der Waals surface area contributed by atoms with Gasteiger partial charge in [-0.2, -0.15) is 13.2 Å². The minimum absolute atomic E-state index is 0.0416. The number of nitrogens with zero attached hydrogens (tertiary/aromatic N) is 3. The molecular weight excluding hydrogens is 389 g/mol. The second-order valence-electron chi connectivity index (χ2n) is 7.03. The molecule has 1 amide bonds. The third-order valence-electron chi connectivity index (χ3n) is 4.82. The van der Waals surface area contributed by atoms with Crippen LogP contribution < -0.4 is 10.9 Å². The van der Waals surface area contributed by atoms with Gasteiger partial charge in [0.2, 0.25) is 5.91 Å². The van der Waals surface area contributed by atoms with Gasteiger partial charge in [-0.1, -0.05) is 6.07 Å². The van der Waals surface area contributed by atoms with Gasteiger partial charge in [0.1, 0.15) is 11.9 Å². The molecule has 3 heterocycles. The maximum Gasteiger partial charge on any atom is 0.434 e. The number of rotatable bonds is 5. The van der Waals surface area contributed by atoms with E-state index < -0.39 is 29.4 Å². The van der Waals surface area contributed by atoms with Gasteiger partial charge in [0.25, 0.3) is 5.56 Å². The van der Waals surface area contributed by atoms with Gasteiger partial charge in [0.05, 0.1) is 6.20 Å². The summed E-state index contributed by atoms with van der Waals surface area (Å²) in [5.41, 5.74) is -1.11. The lowest BCUT2D eigenvalue weighted by atomic mass is 9.92. The zero-order valence-corrected chi connectivity index (χ0v) is 15.8. The van der Waals surface area contributed by atoms with Crippen LogP contribution in [0.2, 0.25) is 0 Å². The molecule has 1 saturated heterocycles. The maximum absolute atomic E-state index is 13.1. The average molecular weight is 410 g/mol. The molecule has 29 heavy (non-hydrogen) atoms. The fraction of sp³-hybridized carbons (Fsp3) is 0.474. The van der Waals surface area contributed by atoms with Crippen LogP contribution in [0, 0.1) is 12.8 Å². The molecule has 1 aliphatic heterocycles. The number of halogens is 3. The minimum Gasteiger partial charge on any atom is -0.381 e. The van der Waals surface area contributed by atoms with E-state index in [1.807, 2.05) is 6.92 Å². The van der Waals surface area contributed by atoms with E-state index in [0.29, 0.717) is 38.4 Å². The highest BCUT2D eigenvalue weighted by molar-refractivity contribution is 5.92. The average Bonchev–Trinajstić information content (AvgIpc) is 2.68. The van der Waals surface area contributed by atoms with Crippen molar-refractivity contribution in [3.8, 4) is 0 Å². The first-order valence-corrected chi connectivity index (χ1v) is 9.20. The fourth-order valence-corrected chi connectivity index (χ4v) is 3.21. The number of hydrogen-bond donors (Lipinski definition) is 1. The second kappa shape index (κ2) is 8.73. The summed E-state index contributed by atoms with van der Waals surface area (Å²) < 4.78 is 45.4. The number of carbonyl (C=O) groups is 1. The van der Waals surface area contributed by atoms with Crippen LogP contribution in [0.25, 0.3) is 0 Å². The lowest BCUT2D eigenvalue weighted by molar-refractivity contribution is -0.142. The van der Waals surface area contributed by atoms with Crippen molar-refractivity contribution in [3.63, 3.8) is 0 Å². The van der Waals surface area contributed by atoms with Gasteiger partial charge in [-0.05, 0) is 43.7 Å². The largest absolute Gasteiger partial charge is 0.434 e. The molecule has 0 bridgehead atoms. The molecule has 7 nitrogen and oxygen atoms in total. The third kappa shape index (κ3) is 5.41. The molecule has 1 aliphatic rings. The minimum atomic E-state index is -4.73. The Hall–Kier alpha value is -2.75. The predicted molar refractivity (Wildman–Crippen MR) is 98.3 cm³/mol. The zero-order chi connectivity index (χ0) is 21.0. The molecule has 0 aromatic carbocycles. The van der Waals surface area contributed by atoms with E-state index in [-0.39, 0.29) is 18.2 Å². The van der Waals surface area contributed by atoms with Gasteiger partial charge in [-0.15, -0.1) is 0 Å². The highest BCUT2D eigenvalue weighted by Gasteiger charge is 2.35. The van der Waals surface area contributed by atoms with E-state index in [2.05, 4.69) is 15.3 Å². The number of anilines is 1. The van der Waals surface area contributed by atoms with E-state index in [1.54, 1.807) is 18.3 Å². The van der Waals surface area contributed by atoms with E-state index in [9.17, 15) is 22.8 Å². The Bertz CT molecular complexity index is 906. The summed E-state index contributed by atoms with van der Waals surface area (Å²) >= 11 is 0. The van der Waals surface area contributed by atoms with Crippen LogP contribution in [0.15, 0.2) is 35.5 Å². The zero-order valence-electron chi connectivity index (χ0n) is 15.8. The Morgan fingerprint density at radius 3 is 2.62 bits per heavy atom. The highest BCUT2D eigenvalue weighted by Crippen LogP contribution is 2.29. The molecule has 2 aromatic rings. The number of ether oxygens (including phenoxy) is 1. The summed E-state index contributed by atoms with van der Waals surface area (Å²) in [6.07, 6.45) is -0.428. The van der Waals surface area contributed by atoms with Crippen LogP contribution in [-0.4, -0.2) is 33.7 Å². The SMILES string of the molecule is Cc1ccc(NC(=O)[C@H](CC2CCOCC2)n2cc(C(F)(F)F)ncc2=O)nc1. The second-order valence-corrected chi connectivity index (χ2v) is 7.03. The highest BCUT2D eigenvalue weighted by atomic mass is 19.4. The summed E-state index contributed by atoms with van der Waals surface area (Å²) in [4.78, 5) is 32.5. The summed E-state index contributed by atoms with van der Waals surface area (Å²) in [7, 11) is 0. The van der Waals surface area contributed by atoms with Crippen molar-refractivity contribution in [2.24, 2.45) is 5.92 Å². The Labute approximate surface area is 164 Å². The number of alkyl halides is 3. The van der Waals surface area contributed by atoms with Gasteiger partial charge in [-0.3, -0.25) is 14.2 Å². The van der Waals surface area contributed by atoms with Crippen molar-refractivity contribution in [2.45, 2.75) is 38.4 Å². The van der Waals surface area contributed by atoms with Gasteiger partial charge in [0, 0.05) is 25.6 Å². The third-order valence-corrected chi connectivity index (χ3v) is 4.82. The van der Waals surface area contributed by atoms with Crippen LogP contribution in [0.4, 0.5) is 19.0 Å². The molecule has 1 fully saturated rings. The first-order valence-electron chi connectivity index (χ1n) is 9.20. The van der Waals surface area contributed by atoms with Crippen molar-refractivity contribution in [1.82, 2.24) is 14.5 Å². The molecule has 0 saturated carbocycles. The van der Waals surface area contributed by atoms with Gasteiger partial charge in [0.15, 0.2) is 5.69 Å². The first kappa shape index (κ1) is 21.0. The molecule has 1 N–H and O–H groups in total. The van der Waals surface area contributed by atoms with Crippen LogP contribution >= 0.6 is 0 Å². The van der Waals surface area contributed by atoms with Crippen molar-refractivity contribution in [2.75, 3.05) is 18.5 Å². The smallest absolute Gasteiger partial charge is 0.381 e. The van der Waals surface area contributed by atoms with Crippen molar-refractivity contribution < 1.29 is 22.7 Å². The molecule has 3 rings (SSSR count). The number of nitrogens with one attached hydrogen (secondary N) is 1. The summed E-state index contributed by atoms with van der Waals surface area (Å²) in [6.45, 7) is 2.86. The number of aryl methyl sites for hydroxylation is 1. The van der Waals surface area contributed by atoms with Gasteiger partial charge >= 0.3 is 6.18 Å². The molecule has 0 spiro atoms. The molecular formula is C19H21F3N4O3.